The van der Waals surface area contributed by atoms with Gasteiger partial charge in [-0.2, -0.15) is 5.26 Å². The third-order valence-corrected chi connectivity index (χ3v) is 4.14. The third kappa shape index (κ3) is 2.72. The molecule has 2 atom stereocenters. The number of halogens is 1. The van der Waals surface area contributed by atoms with Crippen LogP contribution in [0.1, 0.15) is 17.2 Å². The average Bonchev–Trinajstić information content (AvgIpc) is 2.53. The van der Waals surface area contributed by atoms with Gasteiger partial charge in [0.25, 0.3) is 0 Å². The summed E-state index contributed by atoms with van der Waals surface area (Å²) in [7, 11) is 1.44. The molecule has 0 saturated carbocycles. The zero-order valence-corrected chi connectivity index (χ0v) is 11.9. The second kappa shape index (κ2) is 5.98. The minimum atomic E-state index is -0.558. The lowest BCUT2D eigenvalue weighted by atomic mass is 10.0. The lowest BCUT2D eigenvalue weighted by molar-refractivity contribution is -0.0719. The van der Waals surface area contributed by atoms with E-state index in [1.165, 1.54) is 13.2 Å². The molecule has 0 aromatic heterocycles. The third-order valence-electron chi connectivity index (χ3n) is 4.14. The molecule has 2 heterocycles. The van der Waals surface area contributed by atoms with Gasteiger partial charge in [-0.15, -0.1) is 0 Å². The van der Waals surface area contributed by atoms with Crippen molar-refractivity contribution < 1.29 is 13.9 Å². The van der Waals surface area contributed by atoms with Gasteiger partial charge in [-0.1, -0.05) is 0 Å². The van der Waals surface area contributed by atoms with Crippen LogP contribution in [0.15, 0.2) is 12.1 Å². The van der Waals surface area contributed by atoms with Crippen LogP contribution in [0.25, 0.3) is 0 Å². The number of ether oxygens (including phenoxy) is 2. The summed E-state index contributed by atoms with van der Waals surface area (Å²) in [5.41, 5.74) is 0.664. The van der Waals surface area contributed by atoms with Gasteiger partial charge in [-0.3, -0.25) is 4.90 Å². The topological polar surface area (TPSA) is 57.5 Å². The molecule has 0 spiro atoms. The summed E-state index contributed by atoms with van der Waals surface area (Å²) in [5, 5.41) is 12.3. The van der Waals surface area contributed by atoms with Crippen molar-refractivity contribution in [3.63, 3.8) is 0 Å². The van der Waals surface area contributed by atoms with E-state index in [0.29, 0.717) is 12.6 Å². The van der Waals surface area contributed by atoms with Crippen LogP contribution in [0, 0.1) is 17.1 Å². The molecule has 2 aliphatic heterocycles. The Bertz CT molecular complexity index is 573. The molecule has 0 unspecified atom stereocenters. The van der Waals surface area contributed by atoms with Crippen LogP contribution in [0.5, 0.6) is 5.75 Å². The molecule has 5 nitrogen and oxygen atoms in total. The fourth-order valence-electron chi connectivity index (χ4n) is 2.96. The second-order valence-electron chi connectivity index (χ2n) is 5.37. The molecule has 1 aromatic carbocycles. The van der Waals surface area contributed by atoms with Crippen molar-refractivity contribution >= 4 is 0 Å². The molecule has 0 bridgehead atoms. The van der Waals surface area contributed by atoms with Crippen LogP contribution in [0.2, 0.25) is 0 Å². The summed E-state index contributed by atoms with van der Waals surface area (Å²) in [4.78, 5) is 2.37. The Hall–Kier alpha value is -1.68. The molecule has 0 aliphatic carbocycles. The van der Waals surface area contributed by atoms with Crippen molar-refractivity contribution in [2.24, 2.45) is 0 Å². The summed E-state index contributed by atoms with van der Waals surface area (Å²) in [5.74, 6) is -0.295. The molecule has 112 valence electrons. The van der Waals surface area contributed by atoms with Crippen molar-refractivity contribution in [1.82, 2.24) is 10.2 Å². The average molecular weight is 291 g/mol. The van der Waals surface area contributed by atoms with E-state index in [1.807, 2.05) is 6.07 Å². The molecule has 0 radical (unpaired) electrons. The first kappa shape index (κ1) is 14.3. The van der Waals surface area contributed by atoms with Crippen molar-refractivity contribution in [3.8, 4) is 11.8 Å². The predicted octanol–water partition coefficient (Wildman–Crippen LogP) is 1.05. The van der Waals surface area contributed by atoms with Crippen LogP contribution in [0.4, 0.5) is 4.39 Å². The van der Waals surface area contributed by atoms with Gasteiger partial charge in [-0.05, 0) is 17.7 Å². The van der Waals surface area contributed by atoms with E-state index in [9.17, 15) is 4.39 Å². The van der Waals surface area contributed by atoms with E-state index < -0.39 is 5.82 Å². The van der Waals surface area contributed by atoms with Crippen LogP contribution >= 0.6 is 0 Å². The highest BCUT2D eigenvalue weighted by Crippen LogP contribution is 2.31. The van der Waals surface area contributed by atoms with Gasteiger partial charge < -0.3 is 14.8 Å². The molecule has 6 heteroatoms. The SMILES string of the molecule is COc1cc([C@@H]2CN3CCNC[C@H]3CO2)cc(F)c1C#N. The summed E-state index contributed by atoms with van der Waals surface area (Å²) in [6.45, 7) is 4.23. The van der Waals surface area contributed by atoms with Crippen molar-refractivity contribution in [2.75, 3.05) is 39.9 Å². The van der Waals surface area contributed by atoms with Gasteiger partial charge in [0.15, 0.2) is 0 Å². The highest BCUT2D eigenvalue weighted by Gasteiger charge is 2.32. The first-order valence-corrected chi connectivity index (χ1v) is 7.07. The molecule has 1 N–H and O–H groups in total. The highest BCUT2D eigenvalue weighted by atomic mass is 19.1. The number of morpholine rings is 1. The number of nitriles is 1. The fraction of sp³-hybridized carbons (Fsp3) is 0.533. The van der Waals surface area contributed by atoms with Crippen LogP contribution in [-0.4, -0.2) is 50.8 Å². The largest absolute Gasteiger partial charge is 0.495 e. The Labute approximate surface area is 123 Å². The van der Waals surface area contributed by atoms with E-state index in [1.54, 1.807) is 6.07 Å². The molecule has 3 rings (SSSR count). The van der Waals surface area contributed by atoms with E-state index in [-0.39, 0.29) is 17.4 Å². The maximum atomic E-state index is 14.0. The first-order valence-electron chi connectivity index (χ1n) is 7.07. The van der Waals surface area contributed by atoms with Crippen molar-refractivity contribution in [2.45, 2.75) is 12.1 Å². The number of nitrogens with one attached hydrogen (secondary N) is 1. The summed E-state index contributed by atoms with van der Waals surface area (Å²) < 4.78 is 25.0. The number of piperazine rings is 1. The number of methoxy groups -OCH3 is 1. The van der Waals surface area contributed by atoms with Crippen LogP contribution < -0.4 is 10.1 Å². The maximum absolute atomic E-state index is 14.0. The van der Waals surface area contributed by atoms with Crippen molar-refractivity contribution in [3.05, 3.63) is 29.1 Å². The fourth-order valence-corrected chi connectivity index (χ4v) is 2.96. The Morgan fingerprint density at radius 1 is 1.52 bits per heavy atom. The van der Waals surface area contributed by atoms with Crippen LogP contribution in [0.3, 0.4) is 0 Å². The Kier molecular flexibility index (Phi) is 4.06. The highest BCUT2D eigenvalue weighted by molar-refractivity contribution is 5.47. The minimum absolute atomic E-state index is 0.0582. The number of fused-ring (bicyclic) bond motifs is 1. The molecule has 0 amide bonds. The number of rotatable bonds is 2. The Morgan fingerprint density at radius 3 is 3.14 bits per heavy atom. The first-order chi connectivity index (χ1) is 10.2. The standard InChI is InChI=1S/C15H18FN3O2/c1-20-14-5-10(4-13(16)12(14)6-17)15-8-19-3-2-18-7-11(19)9-21-15/h4-5,11,15,18H,2-3,7-9H2,1H3/t11-,15-/m0/s1. The zero-order chi connectivity index (χ0) is 14.8. The number of nitrogens with zero attached hydrogens (tertiary/aromatic N) is 2. The maximum Gasteiger partial charge on any atom is 0.145 e. The molecule has 1 aromatic rings. The van der Waals surface area contributed by atoms with Crippen LogP contribution in [-0.2, 0) is 4.74 Å². The lowest BCUT2D eigenvalue weighted by Crippen LogP contribution is -2.57. The number of benzene rings is 1. The number of hydrogen-bond donors (Lipinski definition) is 1. The van der Waals surface area contributed by atoms with Gasteiger partial charge in [-0.25, -0.2) is 4.39 Å². The van der Waals surface area contributed by atoms with Gasteiger partial charge in [0, 0.05) is 32.2 Å². The van der Waals surface area contributed by atoms with E-state index in [2.05, 4.69) is 10.2 Å². The lowest BCUT2D eigenvalue weighted by Gasteiger charge is -2.42. The number of hydrogen-bond acceptors (Lipinski definition) is 5. The van der Waals surface area contributed by atoms with Gasteiger partial charge in [0.1, 0.15) is 23.2 Å². The molecule has 2 fully saturated rings. The molecular formula is C15H18FN3O2. The second-order valence-corrected chi connectivity index (χ2v) is 5.37. The van der Waals surface area contributed by atoms with E-state index in [0.717, 1.165) is 31.7 Å². The molecule has 21 heavy (non-hydrogen) atoms. The Morgan fingerprint density at radius 2 is 2.38 bits per heavy atom. The molecule has 2 saturated heterocycles. The van der Waals surface area contributed by atoms with Gasteiger partial charge in [0.2, 0.25) is 0 Å². The molecular weight excluding hydrogens is 273 g/mol. The quantitative estimate of drug-likeness (QED) is 0.882. The minimum Gasteiger partial charge on any atom is -0.495 e. The molecule has 2 aliphatic rings. The van der Waals surface area contributed by atoms with E-state index in [4.69, 9.17) is 14.7 Å². The normalized spacial score (nSPS) is 26.0. The van der Waals surface area contributed by atoms with Gasteiger partial charge >= 0.3 is 0 Å². The zero-order valence-electron chi connectivity index (χ0n) is 11.9. The smallest absolute Gasteiger partial charge is 0.145 e. The van der Waals surface area contributed by atoms with Crippen molar-refractivity contribution in [1.29, 1.82) is 5.26 Å². The van der Waals surface area contributed by atoms with Gasteiger partial charge in [0.05, 0.1) is 19.8 Å². The monoisotopic (exact) mass is 291 g/mol. The summed E-state index contributed by atoms with van der Waals surface area (Å²) in [6, 6.07) is 5.31. The summed E-state index contributed by atoms with van der Waals surface area (Å²) >= 11 is 0. The van der Waals surface area contributed by atoms with E-state index >= 15 is 0 Å². The summed E-state index contributed by atoms with van der Waals surface area (Å²) in [6.07, 6.45) is -0.185. The Balaban J connectivity index is 1.84. The predicted molar refractivity (Wildman–Crippen MR) is 74.6 cm³/mol.